The number of hydrogen-bond donors (Lipinski definition) is 0. The van der Waals surface area contributed by atoms with Crippen LogP contribution in [0.4, 0.5) is 0 Å². The third-order valence-corrected chi connectivity index (χ3v) is 6.02. The molecule has 0 bridgehead atoms. The number of fused-ring (bicyclic) bond motifs is 1. The lowest BCUT2D eigenvalue weighted by molar-refractivity contribution is 0.445. The highest BCUT2D eigenvalue weighted by Crippen LogP contribution is 2.23. The second kappa shape index (κ2) is 6.33. The van der Waals surface area contributed by atoms with Crippen molar-refractivity contribution in [2.75, 3.05) is 13.1 Å². The van der Waals surface area contributed by atoms with Gasteiger partial charge in [0.2, 0.25) is 10.0 Å². The van der Waals surface area contributed by atoms with Gasteiger partial charge in [-0.2, -0.15) is 4.31 Å². The first-order valence-corrected chi connectivity index (χ1v) is 9.23. The first kappa shape index (κ1) is 16.3. The molecule has 116 valence electrons. The molecule has 0 atom stereocenters. The summed E-state index contributed by atoms with van der Waals surface area (Å²) in [6, 6.07) is 3.27. The molecule has 2 aromatic rings. The van der Waals surface area contributed by atoms with Crippen LogP contribution in [0.2, 0.25) is 0 Å². The quantitative estimate of drug-likeness (QED) is 0.761. The number of rotatable bonds is 6. The van der Waals surface area contributed by atoms with Crippen LogP contribution in [0.3, 0.4) is 0 Å². The van der Waals surface area contributed by atoms with E-state index in [4.69, 9.17) is 0 Å². The standard InChI is InChI=1S/C13H20N4O2S2/c1-5-16(6-2)21(18,19)11-7-8-12-14-15-13(17(12)9-11)20-10(3)4/h7-10H,5-6H2,1-4H3. The van der Waals surface area contributed by atoms with Gasteiger partial charge < -0.3 is 0 Å². The fourth-order valence-electron chi connectivity index (χ4n) is 2.01. The number of thioether (sulfide) groups is 1. The van der Waals surface area contributed by atoms with Crippen LogP contribution in [0.15, 0.2) is 28.4 Å². The summed E-state index contributed by atoms with van der Waals surface area (Å²) >= 11 is 1.55. The van der Waals surface area contributed by atoms with Crippen molar-refractivity contribution in [3.63, 3.8) is 0 Å². The van der Waals surface area contributed by atoms with E-state index in [2.05, 4.69) is 24.0 Å². The van der Waals surface area contributed by atoms with Crippen molar-refractivity contribution in [1.29, 1.82) is 0 Å². The van der Waals surface area contributed by atoms with Gasteiger partial charge in [-0.05, 0) is 12.1 Å². The minimum absolute atomic E-state index is 0.268. The summed E-state index contributed by atoms with van der Waals surface area (Å²) in [4.78, 5) is 0.268. The van der Waals surface area contributed by atoms with E-state index in [1.807, 2.05) is 13.8 Å². The zero-order chi connectivity index (χ0) is 15.6. The Morgan fingerprint density at radius 2 is 1.90 bits per heavy atom. The number of aromatic nitrogens is 3. The normalized spacial score (nSPS) is 12.7. The molecule has 0 fully saturated rings. The van der Waals surface area contributed by atoms with Crippen LogP contribution in [0.1, 0.15) is 27.7 Å². The van der Waals surface area contributed by atoms with Crippen molar-refractivity contribution in [1.82, 2.24) is 18.9 Å². The molecule has 0 radical (unpaired) electrons. The Morgan fingerprint density at radius 3 is 2.48 bits per heavy atom. The molecular weight excluding hydrogens is 308 g/mol. The molecule has 0 amide bonds. The van der Waals surface area contributed by atoms with Crippen LogP contribution in [0.5, 0.6) is 0 Å². The van der Waals surface area contributed by atoms with Crippen molar-refractivity contribution >= 4 is 27.4 Å². The van der Waals surface area contributed by atoms with Crippen molar-refractivity contribution in [3.05, 3.63) is 18.3 Å². The monoisotopic (exact) mass is 328 g/mol. The van der Waals surface area contributed by atoms with Gasteiger partial charge in [0.25, 0.3) is 0 Å². The van der Waals surface area contributed by atoms with Gasteiger partial charge in [-0.1, -0.05) is 39.5 Å². The number of nitrogens with zero attached hydrogens (tertiary/aromatic N) is 4. The van der Waals surface area contributed by atoms with E-state index in [9.17, 15) is 8.42 Å². The van der Waals surface area contributed by atoms with Gasteiger partial charge in [-0.15, -0.1) is 10.2 Å². The third kappa shape index (κ3) is 3.22. The number of sulfonamides is 1. The molecule has 0 saturated heterocycles. The third-order valence-electron chi connectivity index (χ3n) is 3.03. The Bertz CT molecular complexity index is 721. The summed E-state index contributed by atoms with van der Waals surface area (Å²) < 4.78 is 28.3. The topological polar surface area (TPSA) is 67.6 Å². The molecule has 21 heavy (non-hydrogen) atoms. The van der Waals surface area contributed by atoms with Gasteiger partial charge in [-0.3, -0.25) is 4.40 Å². The summed E-state index contributed by atoms with van der Waals surface area (Å²) in [5.74, 6) is 0. The average molecular weight is 328 g/mol. The van der Waals surface area contributed by atoms with Crippen LogP contribution in [0, 0.1) is 0 Å². The molecule has 0 aromatic carbocycles. The van der Waals surface area contributed by atoms with Crippen LogP contribution in [-0.2, 0) is 10.0 Å². The maximum Gasteiger partial charge on any atom is 0.244 e. The predicted molar refractivity (Wildman–Crippen MR) is 84.1 cm³/mol. The van der Waals surface area contributed by atoms with E-state index >= 15 is 0 Å². The summed E-state index contributed by atoms with van der Waals surface area (Å²) in [5.41, 5.74) is 0.650. The molecule has 0 aliphatic rings. The molecule has 0 N–H and O–H groups in total. The first-order chi connectivity index (χ1) is 9.90. The molecule has 2 aromatic heterocycles. The summed E-state index contributed by atoms with van der Waals surface area (Å²) in [7, 11) is -3.47. The van der Waals surface area contributed by atoms with Gasteiger partial charge in [0, 0.05) is 24.5 Å². The zero-order valence-corrected chi connectivity index (χ0v) is 14.3. The van der Waals surface area contributed by atoms with Crippen LogP contribution >= 0.6 is 11.8 Å². The Kier molecular flexibility index (Phi) is 4.90. The highest BCUT2D eigenvalue weighted by Gasteiger charge is 2.22. The molecule has 2 heterocycles. The Balaban J connectivity index is 2.51. The summed E-state index contributed by atoms with van der Waals surface area (Å²) in [6.45, 7) is 8.68. The molecule has 2 rings (SSSR count). The number of pyridine rings is 1. The fraction of sp³-hybridized carbons (Fsp3) is 0.538. The van der Waals surface area contributed by atoms with Crippen LogP contribution in [-0.4, -0.2) is 45.7 Å². The second-order valence-corrected chi connectivity index (χ2v) is 8.31. The molecule has 0 aliphatic heterocycles. The van der Waals surface area contributed by atoms with Crippen molar-refractivity contribution in [3.8, 4) is 0 Å². The molecule has 6 nitrogen and oxygen atoms in total. The van der Waals surface area contributed by atoms with E-state index < -0.39 is 10.0 Å². The Labute approximate surface area is 129 Å². The molecule has 0 saturated carbocycles. The Hall–Kier alpha value is -1.12. The van der Waals surface area contributed by atoms with Crippen molar-refractivity contribution in [2.24, 2.45) is 0 Å². The highest BCUT2D eigenvalue weighted by molar-refractivity contribution is 7.99. The van der Waals surface area contributed by atoms with E-state index in [0.717, 1.165) is 0 Å². The number of hydrogen-bond acceptors (Lipinski definition) is 5. The molecule has 0 unspecified atom stereocenters. The van der Waals surface area contributed by atoms with Gasteiger partial charge in [0.1, 0.15) is 0 Å². The highest BCUT2D eigenvalue weighted by atomic mass is 32.2. The first-order valence-electron chi connectivity index (χ1n) is 6.91. The maximum atomic E-state index is 12.6. The van der Waals surface area contributed by atoms with Crippen LogP contribution < -0.4 is 0 Å². The smallest absolute Gasteiger partial charge is 0.244 e. The van der Waals surface area contributed by atoms with Crippen LogP contribution in [0.25, 0.3) is 5.65 Å². The molecule has 8 heteroatoms. The van der Waals surface area contributed by atoms with Gasteiger partial charge in [0.05, 0.1) is 4.90 Å². The zero-order valence-electron chi connectivity index (χ0n) is 12.6. The van der Waals surface area contributed by atoms with Gasteiger partial charge in [0.15, 0.2) is 10.8 Å². The summed E-state index contributed by atoms with van der Waals surface area (Å²) in [6.07, 6.45) is 1.60. The van der Waals surface area contributed by atoms with Gasteiger partial charge in [-0.25, -0.2) is 8.42 Å². The van der Waals surface area contributed by atoms with Gasteiger partial charge >= 0.3 is 0 Å². The summed E-state index contributed by atoms with van der Waals surface area (Å²) in [5, 5.41) is 9.23. The van der Waals surface area contributed by atoms with Crippen molar-refractivity contribution < 1.29 is 8.42 Å². The second-order valence-electron chi connectivity index (χ2n) is 4.83. The lowest BCUT2D eigenvalue weighted by Gasteiger charge is -2.18. The molecular formula is C13H20N4O2S2. The fourth-order valence-corrected chi connectivity index (χ4v) is 4.23. The minimum atomic E-state index is -3.47. The molecule has 0 aliphatic carbocycles. The van der Waals surface area contributed by atoms with E-state index in [1.54, 1.807) is 34.5 Å². The minimum Gasteiger partial charge on any atom is -0.276 e. The lowest BCUT2D eigenvalue weighted by Crippen LogP contribution is -2.30. The van der Waals surface area contributed by atoms with E-state index in [-0.39, 0.29) is 4.90 Å². The maximum absolute atomic E-state index is 12.6. The molecule has 0 spiro atoms. The predicted octanol–water partition coefficient (Wildman–Crippen LogP) is 2.26. The van der Waals surface area contributed by atoms with E-state index in [1.165, 1.54) is 4.31 Å². The van der Waals surface area contributed by atoms with E-state index in [0.29, 0.717) is 29.1 Å². The Morgan fingerprint density at radius 1 is 1.24 bits per heavy atom. The average Bonchev–Trinajstić information content (AvgIpc) is 2.81. The largest absolute Gasteiger partial charge is 0.276 e. The van der Waals surface area contributed by atoms with Crippen molar-refractivity contribution in [2.45, 2.75) is 43.0 Å². The SMILES string of the molecule is CCN(CC)S(=O)(=O)c1ccc2nnc(SC(C)C)n2c1. The lowest BCUT2D eigenvalue weighted by atomic mass is 10.5.